The van der Waals surface area contributed by atoms with Crippen LogP contribution in [0.5, 0.6) is 11.5 Å². The Hall–Kier alpha value is -3.90. The van der Waals surface area contributed by atoms with Gasteiger partial charge in [-0.15, -0.1) is 11.3 Å². The van der Waals surface area contributed by atoms with Crippen LogP contribution in [0, 0.1) is 0 Å². The SMILES string of the molecule is O=C(/C=C\c1ccc2c(c1)OCCO2)Nc1ccc(-c2csc(-c3ccccc3)n2)cc1. The summed E-state index contributed by atoms with van der Waals surface area (Å²) in [6, 6.07) is 23.4. The Labute approximate surface area is 190 Å². The second-order valence-corrected chi connectivity index (χ2v) is 8.07. The zero-order valence-corrected chi connectivity index (χ0v) is 18.0. The molecule has 0 saturated carbocycles. The summed E-state index contributed by atoms with van der Waals surface area (Å²) in [5.74, 6) is 1.23. The molecule has 0 aliphatic carbocycles. The van der Waals surface area contributed by atoms with Crippen LogP contribution in [0.2, 0.25) is 0 Å². The Morgan fingerprint density at radius 2 is 1.69 bits per heavy atom. The number of benzene rings is 3. The van der Waals surface area contributed by atoms with E-state index < -0.39 is 0 Å². The number of thiazole rings is 1. The molecule has 0 unspecified atom stereocenters. The van der Waals surface area contributed by atoms with Crippen molar-refractivity contribution in [2.75, 3.05) is 18.5 Å². The summed E-state index contributed by atoms with van der Waals surface area (Å²) in [5, 5.41) is 5.92. The predicted molar refractivity (Wildman–Crippen MR) is 128 cm³/mol. The molecule has 5 rings (SSSR count). The maximum atomic E-state index is 12.3. The van der Waals surface area contributed by atoms with Gasteiger partial charge in [0.2, 0.25) is 5.91 Å². The minimum absolute atomic E-state index is 0.201. The van der Waals surface area contributed by atoms with Gasteiger partial charge in [-0.1, -0.05) is 48.5 Å². The zero-order chi connectivity index (χ0) is 21.8. The summed E-state index contributed by atoms with van der Waals surface area (Å²) in [5.41, 5.74) is 4.64. The molecule has 1 amide bonds. The van der Waals surface area contributed by atoms with E-state index in [1.54, 1.807) is 17.4 Å². The second-order valence-electron chi connectivity index (χ2n) is 7.21. The molecule has 158 valence electrons. The van der Waals surface area contributed by atoms with Crippen LogP contribution in [0.1, 0.15) is 5.56 Å². The molecule has 1 N–H and O–H groups in total. The van der Waals surface area contributed by atoms with Crippen molar-refractivity contribution in [3.63, 3.8) is 0 Å². The van der Waals surface area contributed by atoms with Gasteiger partial charge in [0.05, 0.1) is 5.69 Å². The highest BCUT2D eigenvalue weighted by Crippen LogP contribution is 2.31. The Bertz CT molecular complexity index is 1260. The first-order chi connectivity index (χ1) is 15.7. The van der Waals surface area contributed by atoms with Crippen LogP contribution in [-0.4, -0.2) is 24.1 Å². The van der Waals surface area contributed by atoms with Crippen molar-refractivity contribution in [3.8, 4) is 33.3 Å². The van der Waals surface area contributed by atoms with Gasteiger partial charge in [-0.05, 0) is 35.9 Å². The molecular weight excluding hydrogens is 420 g/mol. The molecule has 0 radical (unpaired) electrons. The second kappa shape index (κ2) is 9.08. The first-order valence-corrected chi connectivity index (χ1v) is 11.1. The van der Waals surface area contributed by atoms with Gasteiger partial charge in [-0.2, -0.15) is 0 Å². The molecule has 32 heavy (non-hydrogen) atoms. The predicted octanol–water partition coefficient (Wildman–Crippen LogP) is 5.90. The van der Waals surface area contributed by atoms with Crippen molar-refractivity contribution in [2.45, 2.75) is 0 Å². The number of hydrogen-bond donors (Lipinski definition) is 1. The number of aromatic nitrogens is 1. The van der Waals surface area contributed by atoms with Gasteiger partial charge in [0.25, 0.3) is 0 Å². The molecule has 1 aliphatic heterocycles. The van der Waals surface area contributed by atoms with E-state index >= 15 is 0 Å². The fraction of sp³-hybridized carbons (Fsp3) is 0.0769. The maximum absolute atomic E-state index is 12.3. The molecule has 4 aromatic rings. The lowest BCUT2D eigenvalue weighted by atomic mass is 10.1. The maximum Gasteiger partial charge on any atom is 0.248 e. The molecule has 3 aromatic carbocycles. The average Bonchev–Trinajstić information content (AvgIpc) is 3.34. The fourth-order valence-corrected chi connectivity index (χ4v) is 4.20. The van der Waals surface area contributed by atoms with Gasteiger partial charge in [-0.3, -0.25) is 4.79 Å². The van der Waals surface area contributed by atoms with Crippen LogP contribution >= 0.6 is 11.3 Å². The van der Waals surface area contributed by atoms with E-state index in [-0.39, 0.29) is 5.91 Å². The lowest BCUT2D eigenvalue weighted by Crippen LogP contribution is -2.15. The van der Waals surface area contributed by atoms with Crippen LogP contribution in [0.25, 0.3) is 27.9 Å². The summed E-state index contributed by atoms with van der Waals surface area (Å²) in [6.45, 7) is 1.09. The van der Waals surface area contributed by atoms with Crippen LogP contribution in [0.3, 0.4) is 0 Å². The van der Waals surface area contributed by atoms with E-state index in [4.69, 9.17) is 14.5 Å². The average molecular weight is 441 g/mol. The van der Waals surface area contributed by atoms with E-state index in [0.717, 1.165) is 38.8 Å². The van der Waals surface area contributed by atoms with Gasteiger partial charge in [0.15, 0.2) is 11.5 Å². The monoisotopic (exact) mass is 440 g/mol. The minimum atomic E-state index is -0.201. The molecule has 5 nitrogen and oxygen atoms in total. The Balaban J connectivity index is 1.22. The van der Waals surface area contributed by atoms with Gasteiger partial charge < -0.3 is 14.8 Å². The molecule has 0 saturated heterocycles. The Kier molecular flexibility index (Phi) is 5.68. The smallest absolute Gasteiger partial charge is 0.248 e. The third-order valence-corrected chi connectivity index (χ3v) is 5.86. The van der Waals surface area contributed by atoms with Crippen molar-refractivity contribution in [2.24, 2.45) is 0 Å². The Morgan fingerprint density at radius 3 is 2.50 bits per heavy atom. The molecule has 0 bridgehead atoms. The van der Waals surface area contributed by atoms with E-state index in [1.807, 2.05) is 66.0 Å². The van der Waals surface area contributed by atoms with Crippen molar-refractivity contribution in [1.29, 1.82) is 0 Å². The zero-order valence-electron chi connectivity index (χ0n) is 17.2. The standard InChI is InChI=1S/C26H20N2O3S/c29-25(13-7-18-6-12-23-24(16-18)31-15-14-30-23)27-21-10-8-19(9-11-21)22-17-32-26(28-22)20-4-2-1-3-5-20/h1-13,16-17H,14-15H2,(H,27,29)/b13-7-. The van der Waals surface area contributed by atoms with Crippen molar-refractivity contribution >= 4 is 29.0 Å². The van der Waals surface area contributed by atoms with Gasteiger partial charge in [-0.25, -0.2) is 4.98 Å². The Morgan fingerprint density at radius 1 is 0.906 bits per heavy atom. The van der Waals surface area contributed by atoms with Gasteiger partial charge in [0, 0.05) is 28.3 Å². The summed E-state index contributed by atoms with van der Waals surface area (Å²) in [7, 11) is 0. The molecule has 0 atom stereocenters. The molecular formula is C26H20N2O3S. The molecule has 0 fully saturated rings. The molecule has 6 heteroatoms. The third-order valence-electron chi connectivity index (χ3n) is 4.97. The third kappa shape index (κ3) is 4.55. The van der Waals surface area contributed by atoms with E-state index in [0.29, 0.717) is 19.0 Å². The number of carbonyl (C=O) groups excluding carboxylic acids is 1. The molecule has 2 heterocycles. The topological polar surface area (TPSA) is 60.5 Å². The lowest BCUT2D eigenvalue weighted by Gasteiger charge is -2.18. The number of nitrogens with one attached hydrogen (secondary N) is 1. The number of nitrogens with zero attached hydrogens (tertiary/aromatic N) is 1. The van der Waals surface area contributed by atoms with Crippen LogP contribution < -0.4 is 14.8 Å². The quantitative estimate of drug-likeness (QED) is 0.393. The molecule has 1 aromatic heterocycles. The largest absolute Gasteiger partial charge is 0.486 e. The van der Waals surface area contributed by atoms with Crippen LogP contribution in [-0.2, 0) is 4.79 Å². The highest BCUT2D eigenvalue weighted by atomic mass is 32.1. The summed E-state index contributed by atoms with van der Waals surface area (Å²) in [4.78, 5) is 17.1. The number of hydrogen-bond acceptors (Lipinski definition) is 5. The normalized spacial score (nSPS) is 12.6. The number of ether oxygens (including phenoxy) is 2. The summed E-state index contributed by atoms with van der Waals surface area (Å²) >= 11 is 1.62. The summed E-state index contributed by atoms with van der Waals surface area (Å²) < 4.78 is 11.1. The number of amides is 1. The highest BCUT2D eigenvalue weighted by Gasteiger charge is 2.11. The number of anilines is 1. The highest BCUT2D eigenvalue weighted by molar-refractivity contribution is 7.13. The number of fused-ring (bicyclic) bond motifs is 1. The van der Waals surface area contributed by atoms with E-state index in [2.05, 4.69) is 17.4 Å². The van der Waals surface area contributed by atoms with Crippen molar-refractivity contribution in [3.05, 3.63) is 89.8 Å². The fourth-order valence-electron chi connectivity index (χ4n) is 3.36. The van der Waals surface area contributed by atoms with E-state index in [9.17, 15) is 4.79 Å². The minimum Gasteiger partial charge on any atom is -0.486 e. The lowest BCUT2D eigenvalue weighted by molar-refractivity contribution is -0.111. The number of rotatable bonds is 5. The summed E-state index contributed by atoms with van der Waals surface area (Å²) in [6.07, 6.45) is 3.26. The van der Waals surface area contributed by atoms with E-state index in [1.165, 1.54) is 6.08 Å². The van der Waals surface area contributed by atoms with Crippen LogP contribution in [0.4, 0.5) is 5.69 Å². The molecule has 1 aliphatic rings. The first kappa shape index (κ1) is 20.0. The van der Waals surface area contributed by atoms with Crippen molar-refractivity contribution < 1.29 is 14.3 Å². The molecule has 0 spiro atoms. The van der Waals surface area contributed by atoms with Crippen molar-refractivity contribution in [1.82, 2.24) is 4.98 Å². The van der Waals surface area contributed by atoms with Crippen LogP contribution in [0.15, 0.2) is 84.3 Å². The van der Waals surface area contributed by atoms with Gasteiger partial charge in [0.1, 0.15) is 18.2 Å². The first-order valence-electron chi connectivity index (χ1n) is 10.2. The number of carbonyl (C=O) groups is 1. The van der Waals surface area contributed by atoms with Gasteiger partial charge >= 0.3 is 0 Å².